The molecule has 0 saturated carbocycles. The van der Waals surface area contributed by atoms with Crippen LogP contribution in [0.3, 0.4) is 0 Å². The van der Waals surface area contributed by atoms with E-state index < -0.39 is 17.0 Å². The summed E-state index contributed by atoms with van der Waals surface area (Å²) in [5.74, 6) is 0.904. The Morgan fingerprint density at radius 1 is 1.35 bits per heavy atom. The minimum absolute atomic E-state index is 0.0158. The molecule has 0 aliphatic carbocycles. The molecule has 0 aromatic heterocycles. The average molecular weight is 373 g/mol. The first-order valence-corrected chi connectivity index (χ1v) is 8.73. The normalized spacial score (nSPS) is 17.1. The molecule has 1 unspecified atom stereocenters. The van der Waals surface area contributed by atoms with Gasteiger partial charge in [0, 0.05) is 24.4 Å². The van der Waals surface area contributed by atoms with E-state index in [2.05, 4.69) is 8.91 Å². The van der Waals surface area contributed by atoms with Crippen LogP contribution < -0.4 is 4.72 Å². The fourth-order valence-electron chi connectivity index (χ4n) is 2.15. The first-order chi connectivity index (χ1) is 12.4. The van der Waals surface area contributed by atoms with E-state index in [0.29, 0.717) is 17.1 Å². The summed E-state index contributed by atoms with van der Waals surface area (Å²) < 4.78 is 24.1. The Hall–Kier alpha value is -2.89. The van der Waals surface area contributed by atoms with Gasteiger partial charge < -0.3 is 9.64 Å². The Labute approximate surface area is 155 Å². The van der Waals surface area contributed by atoms with Gasteiger partial charge in [0.05, 0.1) is 12.8 Å². The largest absolute Gasteiger partial charge is 0.444 e. The van der Waals surface area contributed by atoms with Gasteiger partial charge in [0.2, 0.25) is 5.78 Å². The smallest absolute Gasteiger partial charge is 0.261 e. The van der Waals surface area contributed by atoms with Crippen LogP contribution >= 0.6 is 0 Å². The number of anilines is 1. The number of Topliss-reactive ketones (excluding diaryl/α,β-unsaturated/α-hetero) is 1. The monoisotopic (exact) mass is 373 g/mol. The zero-order valence-electron chi connectivity index (χ0n) is 14.9. The number of hydrogen-bond acceptors (Lipinski definition) is 6. The fourth-order valence-corrected chi connectivity index (χ4v) is 2.56. The Kier molecular flexibility index (Phi) is 6.33. The lowest BCUT2D eigenvalue weighted by atomic mass is 10.0. The molecule has 1 N–H and O–H groups in total. The maximum atomic E-state index is 12.5. The molecule has 1 aromatic carbocycles. The van der Waals surface area contributed by atoms with Crippen LogP contribution in [0.1, 0.15) is 24.2 Å². The maximum Gasteiger partial charge on any atom is 0.261 e. The highest BCUT2D eigenvalue weighted by atomic mass is 32.2. The number of carbonyl (C=O) groups is 1. The molecule has 2 rings (SSSR count). The molecule has 136 valence electrons. The second-order valence-corrected chi connectivity index (χ2v) is 6.42. The van der Waals surface area contributed by atoms with Crippen molar-refractivity contribution < 1.29 is 17.9 Å². The van der Waals surface area contributed by atoms with Crippen molar-refractivity contribution in [3.8, 4) is 6.07 Å². The molecule has 0 bridgehead atoms. The quantitative estimate of drug-likeness (QED) is 0.468. The summed E-state index contributed by atoms with van der Waals surface area (Å²) >= 11 is -1.65. The highest BCUT2D eigenvalue weighted by Gasteiger charge is 2.19. The average Bonchev–Trinajstić information content (AvgIpc) is 2.89. The highest BCUT2D eigenvalue weighted by Crippen LogP contribution is 2.26. The SMILES string of the molecule is COS(=O)Nc1ccc(C(=O)/C(C#N)=C/C=C2/OC(C)=C(C)N2C)cc1. The third kappa shape index (κ3) is 4.39. The van der Waals surface area contributed by atoms with E-state index in [1.807, 2.05) is 31.9 Å². The van der Waals surface area contributed by atoms with Crippen molar-refractivity contribution in [3.05, 3.63) is 64.9 Å². The van der Waals surface area contributed by atoms with Crippen molar-refractivity contribution in [2.45, 2.75) is 13.8 Å². The van der Waals surface area contributed by atoms with E-state index in [1.54, 1.807) is 30.3 Å². The Morgan fingerprint density at radius 2 is 2.00 bits per heavy atom. The van der Waals surface area contributed by atoms with Crippen LogP contribution in [-0.2, 0) is 20.2 Å². The molecule has 1 aliphatic rings. The second kappa shape index (κ2) is 8.47. The number of allylic oxidation sites excluding steroid dienone is 5. The lowest BCUT2D eigenvalue weighted by molar-refractivity contribution is 0.103. The van der Waals surface area contributed by atoms with Gasteiger partial charge in [-0.15, -0.1) is 0 Å². The molecule has 0 spiro atoms. The zero-order valence-corrected chi connectivity index (χ0v) is 15.7. The van der Waals surface area contributed by atoms with Gasteiger partial charge in [-0.1, -0.05) is 0 Å². The number of nitriles is 1. The molecule has 0 radical (unpaired) electrons. The van der Waals surface area contributed by atoms with Gasteiger partial charge in [-0.3, -0.25) is 13.7 Å². The van der Waals surface area contributed by atoms with Crippen LogP contribution in [0.5, 0.6) is 0 Å². The molecule has 1 heterocycles. The Bertz CT molecular complexity index is 863. The van der Waals surface area contributed by atoms with Crippen LogP contribution in [-0.4, -0.2) is 29.0 Å². The second-order valence-electron chi connectivity index (χ2n) is 5.41. The minimum atomic E-state index is -1.65. The molecular weight excluding hydrogens is 354 g/mol. The summed E-state index contributed by atoms with van der Waals surface area (Å²) in [6.07, 6.45) is 3.03. The van der Waals surface area contributed by atoms with Crippen molar-refractivity contribution in [2.75, 3.05) is 18.9 Å². The number of rotatable bonds is 6. The number of benzene rings is 1. The predicted octanol–water partition coefficient (Wildman–Crippen LogP) is 3.01. The number of carbonyl (C=O) groups excluding carboxylic acids is 1. The fraction of sp³-hybridized carbons (Fsp3) is 0.222. The molecule has 7 nitrogen and oxygen atoms in total. The summed E-state index contributed by atoms with van der Waals surface area (Å²) in [4.78, 5) is 14.3. The van der Waals surface area contributed by atoms with Gasteiger partial charge in [-0.2, -0.15) is 5.26 Å². The van der Waals surface area contributed by atoms with Crippen LogP contribution in [0, 0.1) is 11.3 Å². The van der Waals surface area contributed by atoms with Crippen LogP contribution in [0.2, 0.25) is 0 Å². The lowest BCUT2D eigenvalue weighted by Crippen LogP contribution is -2.10. The van der Waals surface area contributed by atoms with Crippen molar-refractivity contribution in [1.82, 2.24) is 4.90 Å². The number of nitrogens with one attached hydrogen (secondary N) is 1. The first kappa shape index (κ1) is 19.4. The molecule has 26 heavy (non-hydrogen) atoms. The molecular formula is C18H19N3O4S. The summed E-state index contributed by atoms with van der Waals surface area (Å²) in [5.41, 5.74) is 1.82. The number of nitrogens with zero attached hydrogens (tertiary/aromatic N) is 2. The number of ketones is 1. The van der Waals surface area contributed by atoms with Crippen LogP contribution in [0.25, 0.3) is 0 Å². The Balaban J connectivity index is 2.16. The predicted molar refractivity (Wildman–Crippen MR) is 98.5 cm³/mol. The molecule has 1 aromatic rings. The maximum absolute atomic E-state index is 12.5. The van der Waals surface area contributed by atoms with Gasteiger partial charge in [0.1, 0.15) is 17.4 Å². The number of hydrogen-bond donors (Lipinski definition) is 1. The summed E-state index contributed by atoms with van der Waals surface area (Å²) in [6, 6.07) is 8.17. The van der Waals surface area contributed by atoms with Gasteiger partial charge in [-0.25, -0.2) is 4.21 Å². The van der Waals surface area contributed by atoms with Crippen molar-refractivity contribution in [2.24, 2.45) is 0 Å². The van der Waals surface area contributed by atoms with Crippen LogP contribution in [0.4, 0.5) is 5.69 Å². The van der Waals surface area contributed by atoms with E-state index in [-0.39, 0.29) is 5.57 Å². The topological polar surface area (TPSA) is 91.7 Å². The van der Waals surface area contributed by atoms with E-state index in [0.717, 1.165) is 11.5 Å². The molecule has 1 aliphatic heterocycles. The third-order valence-electron chi connectivity index (χ3n) is 3.86. The van der Waals surface area contributed by atoms with E-state index >= 15 is 0 Å². The molecule has 1 atom stereocenters. The van der Waals surface area contributed by atoms with Crippen molar-refractivity contribution >= 4 is 22.7 Å². The highest BCUT2D eigenvalue weighted by molar-refractivity contribution is 7.81. The van der Waals surface area contributed by atoms with E-state index in [4.69, 9.17) is 4.74 Å². The van der Waals surface area contributed by atoms with Crippen molar-refractivity contribution in [1.29, 1.82) is 5.26 Å². The first-order valence-electron chi connectivity index (χ1n) is 7.66. The van der Waals surface area contributed by atoms with Crippen molar-refractivity contribution in [3.63, 3.8) is 0 Å². The van der Waals surface area contributed by atoms with Gasteiger partial charge >= 0.3 is 0 Å². The third-order valence-corrected chi connectivity index (χ3v) is 4.56. The summed E-state index contributed by atoms with van der Waals surface area (Å²) in [7, 11) is 3.15. The zero-order chi connectivity index (χ0) is 19.3. The van der Waals surface area contributed by atoms with Gasteiger partial charge in [-0.05, 0) is 44.2 Å². The Morgan fingerprint density at radius 3 is 2.50 bits per heavy atom. The summed E-state index contributed by atoms with van der Waals surface area (Å²) in [5, 5.41) is 9.30. The minimum Gasteiger partial charge on any atom is -0.444 e. The van der Waals surface area contributed by atoms with E-state index in [1.165, 1.54) is 13.2 Å². The standard InChI is InChI=1S/C18H19N3O4S/c1-12-13(2)25-17(21(12)3)10-7-15(11-19)18(22)14-5-8-16(9-6-14)20-26(23)24-4/h5-10,20H,1-4H3/b15-7+,17-10+. The number of ether oxygens (including phenoxy) is 1. The van der Waals surface area contributed by atoms with E-state index in [9.17, 15) is 14.3 Å². The van der Waals surface area contributed by atoms with Crippen LogP contribution in [0.15, 0.2) is 59.3 Å². The molecule has 8 heteroatoms. The molecule has 0 amide bonds. The molecule has 0 fully saturated rings. The molecule has 0 saturated heterocycles. The van der Waals surface area contributed by atoms with Gasteiger partial charge in [0.25, 0.3) is 11.3 Å². The summed E-state index contributed by atoms with van der Waals surface area (Å²) in [6.45, 7) is 3.77. The lowest BCUT2D eigenvalue weighted by Gasteiger charge is -2.11. The van der Waals surface area contributed by atoms with Gasteiger partial charge in [0.15, 0.2) is 5.88 Å².